The molecule has 0 atom stereocenters. The predicted octanol–water partition coefficient (Wildman–Crippen LogP) is 5.19. The van der Waals surface area contributed by atoms with Crippen molar-refractivity contribution >= 4 is 23.9 Å². The molecule has 20 heteroatoms. The van der Waals surface area contributed by atoms with Gasteiger partial charge in [-0.25, -0.2) is 36.7 Å². The van der Waals surface area contributed by atoms with Gasteiger partial charge < -0.3 is 29.9 Å². The summed E-state index contributed by atoms with van der Waals surface area (Å²) in [7, 11) is 0. The fourth-order valence-electron chi connectivity index (χ4n) is 3.38. The normalized spacial score (nSPS) is 10.7. The number of hydrogen-bond acceptors (Lipinski definition) is 7. The molecule has 0 amide bonds. The molecular formula is C23H4F9NO10. The molecule has 0 saturated heterocycles. The van der Waals surface area contributed by atoms with Crippen LogP contribution in [0.4, 0.5) is 39.5 Å². The molecule has 0 heterocycles. The maximum Gasteiger partial charge on any atom is 0.339 e. The fraction of sp³-hybridized carbons (Fsp3) is 0. The highest BCUT2D eigenvalue weighted by atomic mass is 19.2. The summed E-state index contributed by atoms with van der Waals surface area (Å²) in [4.78, 5) is 44.9. The molecule has 3 aromatic carbocycles. The molecule has 0 aliphatic rings. The lowest BCUT2D eigenvalue weighted by atomic mass is 9.99. The van der Waals surface area contributed by atoms with Gasteiger partial charge in [0.1, 0.15) is 28.3 Å². The summed E-state index contributed by atoms with van der Waals surface area (Å²) in [5, 5.41) is 45.0. The number of benzene rings is 3. The van der Waals surface area contributed by atoms with E-state index in [9.17, 15) is 58.7 Å². The molecule has 0 aliphatic carbocycles. The number of carboxylic acid groups (broad SMARTS) is 4. The number of aromatic carboxylic acids is 4. The van der Waals surface area contributed by atoms with Crippen molar-refractivity contribution in [2.45, 2.75) is 0 Å². The average molecular weight is 625 g/mol. The van der Waals surface area contributed by atoms with Crippen LogP contribution in [0.2, 0.25) is 0 Å². The molecule has 0 unspecified atom stereocenters. The van der Waals surface area contributed by atoms with Crippen molar-refractivity contribution in [3.05, 3.63) is 80.2 Å². The Kier molecular flexibility index (Phi) is 8.15. The van der Waals surface area contributed by atoms with E-state index in [0.717, 1.165) is 6.07 Å². The maximum absolute atomic E-state index is 14.8. The van der Waals surface area contributed by atoms with Crippen LogP contribution in [0, 0.1) is 63.7 Å². The SMILES string of the molecule is N#Cc1c(F)c(Oc2c(F)c(F)c(Oc3c(F)c(F)c(C(=O)O)c(C(=O)O)c3F)c(F)c2F)c(F)c(C(=O)O)c1C(=O)O. The molecular weight excluding hydrogens is 621 g/mol. The van der Waals surface area contributed by atoms with Crippen molar-refractivity contribution in [3.8, 4) is 29.1 Å². The third-order valence-corrected chi connectivity index (χ3v) is 5.18. The van der Waals surface area contributed by atoms with Crippen LogP contribution in [0.15, 0.2) is 0 Å². The van der Waals surface area contributed by atoms with Gasteiger partial charge in [-0.2, -0.15) is 27.2 Å². The van der Waals surface area contributed by atoms with Gasteiger partial charge in [-0.1, -0.05) is 0 Å². The van der Waals surface area contributed by atoms with Crippen LogP contribution in [0.25, 0.3) is 0 Å². The number of carboxylic acids is 4. The van der Waals surface area contributed by atoms with Gasteiger partial charge in [0, 0.05) is 0 Å². The summed E-state index contributed by atoms with van der Waals surface area (Å²) >= 11 is 0. The monoisotopic (exact) mass is 625 g/mol. The summed E-state index contributed by atoms with van der Waals surface area (Å²) in [5.41, 5.74) is -9.89. The lowest BCUT2D eigenvalue weighted by molar-refractivity contribution is 0.0640. The zero-order valence-electron chi connectivity index (χ0n) is 19.6. The highest BCUT2D eigenvalue weighted by molar-refractivity contribution is 6.04. The lowest BCUT2D eigenvalue weighted by Gasteiger charge is -2.17. The van der Waals surface area contributed by atoms with Crippen molar-refractivity contribution < 1.29 is 88.6 Å². The van der Waals surface area contributed by atoms with Crippen molar-refractivity contribution in [3.63, 3.8) is 0 Å². The molecule has 0 aliphatic heterocycles. The van der Waals surface area contributed by atoms with Gasteiger partial charge in [0.2, 0.25) is 52.1 Å². The Morgan fingerprint density at radius 1 is 0.442 bits per heavy atom. The first-order valence-corrected chi connectivity index (χ1v) is 10.2. The van der Waals surface area contributed by atoms with Crippen molar-refractivity contribution in [2.24, 2.45) is 0 Å². The van der Waals surface area contributed by atoms with Crippen LogP contribution >= 0.6 is 0 Å². The fourth-order valence-corrected chi connectivity index (χ4v) is 3.38. The topological polar surface area (TPSA) is 191 Å². The molecule has 3 rings (SSSR count). The first kappa shape index (κ1) is 31.5. The second-order valence-electron chi connectivity index (χ2n) is 7.55. The highest BCUT2D eigenvalue weighted by Crippen LogP contribution is 2.43. The summed E-state index contributed by atoms with van der Waals surface area (Å²) in [6.07, 6.45) is 0. The standard InChI is InChI=1S/C23H4F9NO10/c24-7-2(1-33)3(20(34)35)4(21(36)37)9(26)16(7)42-18-12(29)14(31)19(15(32)13(18)30)43-17-10(27)6(23(40)41)5(22(38)39)8(25)11(17)28/h(H,34,35)(H,36,37)(H,38,39)(H,40,41). The van der Waals surface area contributed by atoms with Crippen molar-refractivity contribution in [2.75, 3.05) is 0 Å². The number of ether oxygens (including phenoxy) is 2. The first-order chi connectivity index (χ1) is 19.9. The van der Waals surface area contributed by atoms with E-state index in [2.05, 4.69) is 9.47 Å². The van der Waals surface area contributed by atoms with E-state index < -0.39 is 127 Å². The van der Waals surface area contributed by atoms with E-state index in [4.69, 9.17) is 25.7 Å². The zero-order chi connectivity index (χ0) is 32.8. The largest absolute Gasteiger partial charge is 0.478 e. The molecule has 0 radical (unpaired) electrons. The van der Waals surface area contributed by atoms with E-state index in [1.165, 1.54) is 0 Å². The molecule has 0 fully saturated rings. The van der Waals surface area contributed by atoms with Crippen LogP contribution < -0.4 is 9.47 Å². The summed E-state index contributed by atoms with van der Waals surface area (Å²) in [5.74, 6) is -44.3. The van der Waals surface area contributed by atoms with Gasteiger partial charge >= 0.3 is 23.9 Å². The molecule has 4 N–H and O–H groups in total. The van der Waals surface area contributed by atoms with Crippen LogP contribution in [-0.2, 0) is 0 Å². The third kappa shape index (κ3) is 4.92. The average Bonchev–Trinajstić information content (AvgIpc) is 2.91. The van der Waals surface area contributed by atoms with E-state index in [-0.39, 0.29) is 0 Å². The number of rotatable bonds is 8. The Labute approximate surface area is 227 Å². The van der Waals surface area contributed by atoms with Crippen LogP contribution in [-0.4, -0.2) is 44.3 Å². The van der Waals surface area contributed by atoms with Gasteiger partial charge in [0.05, 0.1) is 5.56 Å². The van der Waals surface area contributed by atoms with Gasteiger partial charge in [-0.3, -0.25) is 0 Å². The smallest absolute Gasteiger partial charge is 0.339 e. The number of hydrogen-bond donors (Lipinski definition) is 4. The molecule has 11 nitrogen and oxygen atoms in total. The van der Waals surface area contributed by atoms with E-state index >= 15 is 0 Å². The molecule has 224 valence electrons. The Morgan fingerprint density at radius 3 is 1.02 bits per heavy atom. The van der Waals surface area contributed by atoms with E-state index in [1.54, 1.807) is 0 Å². The third-order valence-electron chi connectivity index (χ3n) is 5.18. The highest BCUT2D eigenvalue weighted by Gasteiger charge is 2.38. The van der Waals surface area contributed by atoms with Crippen molar-refractivity contribution in [1.29, 1.82) is 5.26 Å². The molecule has 0 spiro atoms. The van der Waals surface area contributed by atoms with Crippen molar-refractivity contribution in [1.82, 2.24) is 0 Å². The quantitative estimate of drug-likeness (QED) is 0.190. The lowest BCUT2D eigenvalue weighted by Crippen LogP contribution is -2.17. The molecule has 0 saturated carbocycles. The van der Waals surface area contributed by atoms with Gasteiger partial charge in [-0.15, -0.1) is 0 Å². The Bertz CT molecular complexity index is 1820. The van der Waals surface area contributed by atoms with Crippen LogP contribution in [0.1, 0.15) is 47.0 Å². The van der Waals surface area contributed by atoms with E-state index in [0.29, 0.717) is 0 Å². The minimum Gasteiger partial charge on any atom is -0.478 e. The van der Waals surface area contributed by atoms with Crippen LogP contribution in [0.5, 0.6) is 23.0 Å². The number of carbonyl (C=O) groups is 4. The minimum atomic E-state index is -2.88. The number of nitrogens with zero attached hydrogens (tertiary/aromatic N) is 1. The summed E-state index contributed by atoms with van der Waals surface area (Å²) in [6.45, 7) is 0. The molecule has 0 bridgehead atoms. The van der Waals surface area contributed by atoms with Gasteiger partial charge in [0.25, 0.3) is 0 Å². The Hall–Kier alpha value is -6.00. The number of halogens is 9. The summed E-state index contributed by atoms with van der Waals surface area (Å²) in [6, 6.07) is 0.819. The maximum atomic E-state index is 14.8. The minimum absolute atomic E-state index is 0.819. The summed E-state index contributed by atoms with van der Waals surface area (Å²) < 4.78 is 140. The molecule has 43 heavy (non-hydrogen) atoms. The second kappa shape index (κ2) is 11.1. The molecule has 0 aromatic heterocycles. The Balaban J connectivity index is 2.29. The Morgan fingerprint density at radius 2 is 0.698 bits per heavy atom. The second-order valence-corrected chi connectivity index (χ2v) is 7.55. The zero-order valence-corrected chi connectivity index (χ0v) is 19.6. The number of nitriles is 1. The van der Waals surface area contributed by atoms with E-state index in [1.807, 2.05) is 0 Å². The predicted molar refractivity (Wildman–Crippen MR) is 112 cm³/mol. The van der Waals surface area contributed by atoms with Gasteiger partial charge in [0.15, 0.2) is 23.3 Å². The van der Waals surface area contributed by atoms with Crippen LogP contribution in [0.3, 0.4) is 0 Å². The van der Waals surface area contributed by atoms with Gasteiger partial charge in [-0.05, 0) is 0 Å². The first-order valence-electron chi connectivity index (χ1n) is 10.2. The molecule has 3 aromatic rings.